The number of carboxylic acids is 1. The molecule has 0 spiro atoms. The van der Waals surface area contributed by atoms with Crippen LogP contribution in [0.1, 0.15) is 70.0 Å². The molecule has 6 aromatic carbocycles. The Morgan fingerprint density at radius 2 is 0.985 bits per heavy atom. The van der Waals surface area contributed by atoms with E-state index < -0.39 is 40.4 Å². The smallest absolute Gasteiger partial charge is 0.338 e. The van der Waals surface area contributed by atoms with Crippen LogP contribution in [-0.2, 0) is 0 Å². The number of primary amides is 1. The topological polar surface area (TPSA) is 173 Å². The number of nitriles is 1. The highest BCUT2D eigenvalue weighted by molar-refractivity contribution is 9.11. The van der Waals surface area contributed by atoms with E-state index in [0.29, 0.717) is 25.9 Å². The van der Waals surface area contributed by atoms with Crippen LogP contribution in [0.2, 0.25) is 0 Å². The number of fused-ring (bicyclic) bond motifs is 1. The summed E-state index contributed by atoms with van der Waals surface area (Å²) >= 11 is 23.5. The van der Waals surface area contributed by atoms with E-state index in [-0.39, 0.29) is 41.5 Å². The van der Waals surface area contributed by atoms with Crippen LogP contribution in [0.3, 0.4) is 0 Å². The maximum absolute atomic E-state index is 13.1. The Morgan fingerprint density at radius 1 is 0.588 bits per heavy atom. The van der Waals surface area contributed by atoms with Crippen molar-refractivity contribution in [3.8, 4) is 6.07 Å². The second kappa shape index (κ2) is 27.6. The molecule has 0 aliphatic rings. The summed E-state index contributed by atoms with van der Waals surface area (Å²) in [5, 5.41) is 20.8. The van der Waals surface area contributed by atoms with Gasteiger partial charge >= 0.3 is 5.97 Å². The van der Waals surface area contributed by atoms with Gasteiger partial charge in [-0.25, -0.2) is 26.7 Å². The van der Waals surface area contributed by atoms with Crippen molar-refractivity contribution >= 4 is 141 Å². The molecular formula is C47H36Br6ClF5N4O5. The predicted octanol–water partition coefficient (Wildman–Crippen LogP) is 16.0. The molecule has 1 aromatic heterocycles. The van der Waals surface area contributed by atoms with Gasteiger partial charge in [0.1, 0.15) is 23.5 Å². The minimum Gasteiger partial charge on any atom is -0.478 e. The van der Waals surface area contributed by atoms with Crippen molar-refractivity contribution in [3.05, 3.63) is 190 Å². The number of aryl methyl sites for hydroxylation is 6. The summed E-state index contributed by atoms with van der Waals surface area (Å²) in [4.78, 5) is 31.8. The Kier molecular flexibility index (Phi) is 24.2. The van der Waals surface area contributed by atoms with Crippen LogP contribution in [0.4, 0.5) is 27.8 Å². The predicted molar refractivity (Wildman–Crippen MR) is 275 cm³/mol. The first-order valence-corrected chi connectivity index (χ1v) is 23.9. The highest BCUT2D eigenvalue weighted by atomic mass is 79.9. The molecular weight excluding hydrogens is 1310 g/mol. The molecule has 0 aliphatic heterocycles. The monoisotopic (exact) mass is 1340 g/mol. The first kappa shape index (κ1) is 59.6. The minimum absolute atomic E-state index is 0.0804. The molecule has 0 saturated heterocycles. The number of benzene rings is 6. The van der Waals surface area contributed by atoms with E-state index in [0.717, 1.165) is 37.7 Å². The molecule has 0 bridgehead atoms. The molecule has 0 unspecified atom stereocenters. The van der Waals surface area contributed by atoms with Gasteiger partial charge in [-0.2, -0.15) is 5.26 Å². The lowest BCUT2D eigenvalue weighted by atomic mass is 10.1. The van der Waals surface area contributed by atoms with Crippen LogP contribution in [0.25, 0.3) is 11.0 Å². The summed E-state index contributed by atoms with van der Waals surface area (Å²) in [6, 6.07) is 22.6. The lowest BCUT2D eigenvalue weighted by Crippen LogP contribution is -2.13. The number of anilines is 1. The fourth-order valence-corrected chi connectivity index (χ4v) is 8.79. The number of nitrogens with zero attached hydrogens (tertiary/aromatic N) is 2. The number of carboxylic acid groups (broad SMARTS) is 1. The van der Waals surface area contributed by atoms with Crippen molar-refractivity contribution in [2.24, 2.45) is 5.73 Å². The van der Waals surface area contributed by atoms with Gasteiger partial charge in [-0.15, -0.1) is 0 Å². The van der Waals surface area contributed by atoms with Crippen LogP contribution in [0.15, 0.2) is 110 Å². The number of carbonyl (C=O) groups is 3. The first-order valence-electron chi connectivity index (χ1n) is 18.8. The molecule has 1 heterocycles. The molecule has 0 saturated carbocycles. The number of nitrogen functional groups attached to an aromatic ring is 1. The Labute approximate surface area is 443 Å². The summed E-state index contributed by atoms with van der Waals surface area (Å²) in [6.07, 6.45) is 0. The van der Waals surface area contributed by atoms with Gasteiger partial charge in [0, 0.05) is 0 Å². The van der Waals surface area contributed by atoms with Gasteiger partial charge < -0.3 is 21.1 Å². The van der Waals surface area contributed by atoms with E-state index in [9.17, 15) is 36.3 Å². The number of aromatic nitrogens is 1. The number of carbonyl (C=O) groups excluding carboxylic acids is 2. The second-order valence-electron chi connectivity index (χ2n) is 14.1. The van der Waals surface area contributed by atoms with Gasteiger partial charge in [0.15, 0.2) is 23.0 Å². The summed E-state index contributed by atoms with van der Waals surface area (Å²) < 4.78 is 72.0. The van der Waals surface area contributed by atoms with E-state index in [4.69, 9.17) is 38.0 Å². The van der Waals surface area contributed by atoms with Gasteiger partial charge in [0.25, 0.3) is 11.1 Å². The largest absolute Gasteiger partial charge is 0.478 e. The molecule has 0 fully saturated rings. The minimum atomic E-state index is -1.25. The maximum Gasteiger partial charge on any atom is 0.338 e. The van der Waals surface area contributed by atoms with Crippen LogP contribution in [0, 0.1) is 82.0 Å². The number of hydrogen-bond donors (Lipinski definition) is 3. The van der Waals surface area contributed by atoms with Gasteiger partial charge in [-0.1, -0.05) is 11.2 Å². The molecule has 7 aromatic rings. The fourth-order valence-electron chi connectivity index (χ4n) is 5.21. The van der Waals surface area contributed by atoms with Crippen molar-refractivity contribution < 1.29 is 46.0 Å². The Hall–Kier alpha value is -4.49. The lowest BCUT2D eigenvalue weighted by Gasteiger charge is -2.01. The molecule has 68 heavy (non-hydrogen) atoms. The molecule has 0 aliphatic carbocycles. The lowest BCUT2D eigenvalue weighted by molar-refractivity contribution is 0.0691. The highest BCUT2D eigenvalue weighted by Crippen LogP contribution is 2.29. The average molecular weight is 1350 g/mol. The number of aromatic carboxylic acids is 1. The van der Waals surface area contributed by atoms with Crippen LogP contribution in [-0.4, -0.2) is 27.4 Å². The number of amides is 1. The molecule has 1 amide bonds. The van der Waals surface area contributed by atoms with Crippen molar-refractivity contribution in [1.82, 2.24) is 5.16 Å². The molecule has 0 radical (unpaired) electrons. The van der Waals surface area contributed by atoms with Gasteiger partial charge in [-0.3, -0.25) is 9.59 Å². The Morgan fingerprint density at radius 3 is 1.43 bits per heavy atom. The van der Waals surface area contributed by atoms with E-state index in [1.165, 1.54) is 36.4 Å². The van der Waals surface area contributed by atoms with Crippen LogP contribution in [0.5, 0.6) is 0 Å². The maximum atomic E-state index is 13.1. The third-order valence-corrected chi connectivity index (χ3v) is 12.0. The van der Waals surface area contributed by atoms with Gasteiger partial charge in [0.2, 0.25) is 0 Å². The third kappa shape index (κ3) is 18.1. The van der Waals surface area contributed by atoms with Gasteiger partial charge in [-0.05, 0) is 255 Å². The van der Waals surface area contributed by atoms with E-state index in [1.807, 2.05) is 32.9 Å². The number of nitrogens with two attached hydrogens (primary N) is 2. The number of rotatable bonds is 3. The average Bonchev–Trinajstić information content (AvgIpc) is 3.62. The summed E-state index contributed by atoms with van der Waals surface area (Å²) in [7, 11) is 0. The normalized spacial score (nSPS) is 9.96. The van der Waals surface area contributed by atoms with Crippen molar-refractivity contribution in [3.63, 3.8) is 0 Å². The SMILES string of the molecule is Cc1cc(Br)c(F)c(C#N)c1.Cc1cc(Br)c(F)c(C(=O)Cl)c1.Cc1cc(Br)c(F)c(C(=O)O)c1.Cc1cc(Br)c(F)c(C(N)=O)c1.Cc1cc(Br)c2onc(N)c2c1.Cc1ccc(F)c(Br)c1. The van der Waals surface area contributed by atoms with E-state index in [1.54, 1.807) is 57.2 Å². The molecule has 5 N–H and O–H groups in total. The van der Waals surface area contributed by atoms with Crippen molar-refractivity contribution in [2.75, 3.05) is 5.73 Å². The molecule has 9 nitrogen and oxygen atoms in total. The number of halogens is 12. The first-order chi connectivity index (χ1) is 31.6. The van der Waals surface area contributed by atoms with Gasteiger partial charge in [0.05, 0.1) is 54.5 Å². The van der Waals surface area contributed by atoms with Crippen molar-refractivity contribution in [1.29, 1.82) is 5.26 Å². The molecule has 21 heteroatoms. The molecule has 0 atom stereocenters. The summed E-state index contributed by atoms with van der Waals surface area (Å²) in [5.41, 5.74) is 16.2. The summed E-state index contributed by atoms with van der Waals surface area (Å²) in [6.45, 7) is 11.0. The third-order valence-electron chi connectivity index (χ3n) is 8.29. The zero-order chi connectivity index (χ0) is 51.9. The van der Waals surface area contributed by atoms with E-state index in [2.05, 4.69) is 101 Å². The van der Waals surface area contributed by atoms with E-state index >= 15 is 0 Å². The van der Waals surface area contributed by atoms with Crippen LogP contribution < -0.4 is 11.5 Å². The second-order valence-corrected chi connectivity index (χ2v) is 19.6. The van der Waals surface area contributed by atoms with Crippen LogP contribution >= 0.6 is 107 Å². The zero-order valence-electron chi connectivity index (χ0n) is 36.2. The Bertz CT molecular complexity index is 2880. The number of hydrogen-bond acceptors (Lipinski definition) is 7. The van der Waals surface area contributed by atoms with Crippen molar-refractivity contribution in [2.45, 2.75) is 41.5 Å². The molecule has 7 rings (SSSR count). The quantitative estimate of drug-likeness (QED) is 0.116. The summed E-state index contributed by atoms with van der Waals surface area (Å²) in [5.74, 6) is -4.20. The standard InChI is InChI=1S/C8H5BrClFO.C8H7BrFNO.C8H5BrFN.C8H6BrFO2.C8H7BrN2O.C7H6BrF/c1-4-2-5(8(10)12)7(11)6(9)3-4;1-4-2-5(8(11)12)7(10)6(9)3-4;1-5-2-6(4-11)8(10)7(9)3-5;1-4-2-5(8(11)12)7(10)6(9)3-4;1-4-2-5-7(6(9)3-4)12-11-8(5)10;1-5-2-3-7(9)6(8)4-5/h2-3H,1H3;2-3H,1H3,(H2,11,12);2-3H,1H3;2-3H,1H3,(H,11,12);2-3H,1H3,(H2,10,11);2-4H,1H3. The Balaban J connectivity index is 0.000000281. The highest BCUT2D eigenvalue weighted by Gasteiger charge is 2.15. The fraction of sp³-hybridized carbons (Fsp3) is 0.128. The molecule has 358 valence electrons. The zero-order valence-corrected chi connectivity index (χ0v) is 46.4.